The summed E-state index contributed by atoms with van der Waals surface area (Å²) in [5.74, 6) is 0. The van der Waals surface area contributed by atoms with Gasteiger partial charge in [0.2, 0.25) is 0 Å². The van der Waals surface area contributed by atoms with Crippen LogP contribution >= 0.6 is 11.8 Å². The van der Waals surface area contributed by atoms with Gasteiger partial charge in [-0.25, -0.2) is 4.98 Å². The van der Waals surface area contributed by atoms with Crippen LogP contribution in [0.4, 0.5) is 0 Å². The number of nitrogens with zero attached hydrogens (tertiary/aromatic N) is 2. The number of fused-ring (bicyclic) bond motifs is 1. The van der Waals surface area contributed by atoms with Crippen LogP contribution in [-0.2, 0) is 12.0 Å². The van der Waals surface area contributed by atoms with Gasteiger partial charge in [-0.1, -0.05) is 69.3 Å². The first-order valence-electron chi connectivity index (χ1n) is 10.1. The van der Waals surface area contributed by atoms with E-state index < -0.39 is 0 Å². The number of hydrogen-bond acceptors (Lipinski definition) is 2. The van der Waals surface area contributed by atoms with E-state index in [1.807, 2.05) is 30.5 Å². The van der Waals surface area contributed by atoms with Gasteiger partial charge in [0.25, 0.3) is 0 Å². The van der Waals surface area contributed by atoms with Crippen LogP contribution in [0.3, 0.4) is 0 Å². The Morgan fingerprint density at radius 2 is 1.76 bits per heavy atom. The predicted molar refractivity (Wildman–Crippen MR) is 125 cm³/mol. The Morgan fingerprint density at radius 1 is 0.966 bits per heavy atom. The minimum Gasteiger partial charge on any atom is -0.336 e. The molecule has 3 aromatic carbocycles. The second-order valence-corrected chi connectivity index (χ2v) is 9.95. The molecule has 0 amide bonds. The molecule has 0 bridgehead atoms. The molecule has 1 atom stereocenters. The van der Waals surface area contributed by atoms with Crippen LogP contribution in [0, 0.1) is 6.92 Å². The van der Waals surface area contributed by atoms with E-state index in [2.05, 4.69) is 97.9 Å². The highest BCUT2D eigenvalue weighted by Gasteiger charge is 2.18. The standard InChI is InChI=1S/C26H28N2S/c1-19-15-23(26(2,3)4)11-12-24(19)29-25(17-28-14-13-27-18-28)22-10-9-20-7-5-6-8-21(20)16-22/h5-16,18,25H,17H2,1-4H3. The van der Waals surface area contributed by atoms with E-state index >= 15 is 0 Å². The molecule has 0 radical (unpaired) electrons. The summed E-state index contributed by atoms with van der Waals surface area (Å²) < 4.78 is 2.17. The van der Waals surface area contributed by atoms with Crippen molar-refractivity contribution >= 4 is 22.5 Å². The predicted octanol–water partition coefficient (Wildman–Crippen LogP) is 7.18. The lowest BCUT2D eigenvalue weighted by Crippen LogP contribution is -2.11. The Labute approximate surface area is 178 Å². The Kier molecular flexibility index (Phi) is 5.51. The van der Waals surface area contributed by atoms with Crippen molar-refractivity contribution in [3.8, 4) is 0 Å². The van der Waals surface area contributed by atoms with Gasteiger partial charge >= 0.3 is 0 Å². The summed E-state index contributed by atoms with van der Waals surface area (Å²) in [6, 6.07) is 22.3. The van der Waals surface area contributed by atoms with Crippen LogP contribution < -0.4 is 0 Å². The van der Waals surface area contributed by atoms with Crippen molar-refractivity contribution < 1.29 is 0 Å². The molecule has 0 N–H and O–H groups in total. The number of thioether (sulfide) groups is 1. The Bertz CT molecular complexity index is 1110. The number of benzene rings is 3. The maximum absolute atomic E-state index is 4.24. The molecule has 1 aromatic heterocycles. The fraction of sp³-hybridized carbons (Fsp3) is 0.269. The first kappa shape index (κ1) is 19.8. The molecule has 148 valence electrons. The lowest BCUT2D eigenvalue weighted by atomic mass is 9.86. The summed E-state index contributed by atoms with van der Waals surface area (Å²) >= 11 is 1.95. The zero-order chi connectivity index (χ0) is 20.4. The highest BCUT2D eigenvalue weighted by atomic mass is 32.2. The van der Waals surface area contributed by atoms with Gasteiger partial charge in [0.05, 0.1) is 11.6 Å². The van der Waals surface area contributed by atoms with Crippen LogP contribution in [0.1, 0.15) is 42.7 Å². The second kappa shape index (κ2) is 8.08. The molecule has 1 heterocycles. The van der Waals surface area contributed by atoms with Gasteiger partial charge in [0.1, 0.15) is 0 Å². The quantitative estimate of drug-likeness (QED) is 0.330. The molecule has 1 unspecified atom stereocenters. The van der Waals surface area contributed by atoms with E-state index in [0.717, 1.165) is 6.54 Å². The normalized spacial score (nSPS) is 13.0. The molecule has 4 rings (SSSR count). The maximum atomic E-state index is 4.24. The highest BCUT2D eigenvalue weighted by Crippen LogP contribution is 2.40. The Hall–Kier alpha value is -2.52. The maximum Gasteiger partial charge on any atom is 0.0946 e. The number of aryl methyl sites for hydroxylation is 1. The number of rotatable bonds is 5. The summed E-state index contributed by atoms with van der Waals surface area (Å²) in [4.78, 5) is 5.58. The fourth-order valence-corrected chi connectivity index (χ4v) is 4.83. The molecule has 29 heavy (non-hydrogen) atoms. The van der Waals surface area contributed by atoms with Crippen LogP contribution in [0.25, 0.3) is 10.8 Å². The molecule has 0 aliphatic carbocycles. The first-order valence-corrected chi connectivity index (χ1v) is 11.0. The summed E-state index contributed by atoms with van der Waals surface area (Å²) in [6.07, 6.45) is 5.81. The monoisotopic (exact) mass is 400 g/mol. The largest absolute Gasteiger partial charge is 0.336 e. The minimum absolute atomic E-state index is 0.169. The molecule has 4 aromatic rings. The van der Waals surface area contributed by atoms with Gasteiger partial charge in [0.15, 0.2) is 0 Å². The van der Waals surface area contributed by atoms with Gasteiger partial charge in [-0.05, 0) is 51.9 Å². The molecule has 2 nitrogen and oxygen atoms in total. The van der Waals surface area contributed by atoms with Crippen molar-refractivity contribution in [1.82, 2.24) is 9.55 Å². The third-order valence-electron chi connectivity index (χ3n) is 5.39. The van der Waals surface area contributed by atoms with Crippen molar-refractivity contribution in [2.45, 2.75) is 49.8 Å². The van der Waals surface area contributed by atoms with Crippen LogP contribution in [0.5, 0.6) is 0 Å². The van der Waals surface area contributed by atoms with Gasteiger partial charge in [-0.3, -0.25) is 0 Å². The van der Waals surface area contributed by atoms with E-state index in [1.165, 1.54) is 32.4 Å². The average molecular weight is 401 g/mol. The number of imidazole rings is 1. The molecule has 0 aliphatic rings. The molecular weight excluding hydrogens is 372 g/mol. The third-order valence-corrected chi connectivity index (χ3v) is 6.81. The van der Waals surface area contributed by atoms with Crippen LogP contribution in [0.15, 0.2) is 84.3 Å². The summed E-state index contributed by atoms with van der Waals surface area (Å²) in [6.45, 7) is 9.93. The lowest BCUT2D eigenvalue weighted by Gasteiger charge is -2.23. The minimum atomic E-state index is 0.169. The molecule has 3 heteroatoms. The topological polar surface area (TPSA) is 17.8 Å². The summed E-state index contributed by atoms with van der Waals surface area (Å²) in [7, 11) is 0. The van der Waals surface area contributed by atoms with Crippen molar-refractivity contribution in [2.75, 3.05) is 0 Å². The average Bonchev–Trinajstić information content (AvgIpc) is 3.21. The van der Waals surface area contributed by atoms with Gasteiger partial charge < -0.3 is 4.57 Å². The van der Waals surface area contributed by atoms with E-state index in [0.29, 0.717) is 5.25 Å². The lowest BCUT2D eigenvalue weighted by molar-refractivity contribution is 0.589. The third kappa shape index (κ3) is 4.56. The molecular formula is C26H28N2S. The molecule has 0 fully saturated rings. The van der Waals surface area contributed by atoms with Crippen molar-refractivity contribution in [1.29, 1.82) is 0 Å². The molecule has 0 aliphatic heterocycles. The summed E-state index contributed by atoms with van der Waals surface area (Å²) in [5.41, 5.74) is 4.25. The van der Waals surface area contributed by atoms with E-state index in [1.54, 1.807) is 0 Å². The SMILES string of the molecule is Cc1cc(C(C)(C)C)ccc1SC(Cn1ccnc1)c1ccc2ccccc2c1. The second-order valence-electron chi connectivity index (χ2n) is 8.70. The zero-order valence-corrected chi connectivity index (χ0v) is 18.4. The van der Waals surface area contributed by atoms with Gasteiger partial charge in [-0.15, -0.1) is 11.8 Å². The molecule has 0 saturated heterocycles. The molecule has 0 spiro atoms. The zero-order valence-electron chi connectivity index (χ0n) is 17.6. The van der Waals surface area contributed by atoms with Gasteiger partial charge in [0, 0.05) is 23.8 Å². The van der Waals surface area contributed by atoms with Crippen molar-refractivity contribution in [2.24, 2.45) is 0 Å². The Morgan fingerprint density at radius 3 is 2.45 bits per heavy atom. The molecule has 0 saturated carbocycles. The van der Waals surface area contributed by atoms with Crippen molar-refractivity contribution in [3.05, 3.63) is 96.1 Å². The smallest absolute Gasteiger partial charge is 0.0946 e. The van der Waals surface area contributed by atoms with E-state index in [-0.39, 0.29) is 5.41 Å². The fourth-order valence-electron chi connectivity index (χ4n) is 3.61. The van der Waals surface area contributed by atoms with Crippen molar-refractivity contribution in [3.63, 3.8) is 0 Å². The van der Waals surface area contributed by atoms with Crippen LogP contribution in [-0.4, -0.2) is 9.55 Å². The van der Waals surface area contributed by atoms with E-state index in [9.17, 15) is 0 Å². The van der Waals surface area contributed by atoms with Gasteiger partial charge in [-0.2, -0.15) is 0 Å². The van der Waals surface area contributed by atoms with Crippen LogP contribution in [0.2, 0.25) is 0 Å². The first-order chi connectivity index (χ1) is 13.9. The highest BCUT2D eigenvalue weighted by molar-refractivity contribution is 7.99. The number of hydrogen-bond donors (Lipinski definition) is 0. The van der Waals surface area contributed by atoms with E-state index in [4.69, 9.17) is 0 Å². The Balaban J connectivity index is 1.69. The summed E-state index contributed by atoms with van der Waals surface area (Å²) in [5, 5.41) is 2.89. The number of aromatic nitrogens is 2.